The molecule has 134 valence electrons. The van der Waals surface area contributed by atoms with Gasteiger partial charge in [-0.1, -0.05) is 42.5 Å². The third-order valence-corrected chi connectivity index (χ3v) is 5.29. The van der Waals surface area contributed by atoms with Crippen molar-refractivity contribution in [2.45, 2.75) is 30.8 Å². The monoisotopic (exact) mass is 351 g/mol. The first-order valence-corrected chi connectivity index (χ1v) is 8.75. The number of aromatic nitrogens is 1. The Labute approximate surface area is 150 Å². The van der Waals surface area contributed by atoms with E-state index in [4.69, 9.17) is 10.2 Å². The average Bonchev–Trinajstić information content (AvgIpc) is 2.94. The highest BCUT2D eigenvalue weighted by atomic mass is 16.4. The molecule has 3 aromatic rings. The lowest BCUT2D eigenvalue weighted by Crippen LogP contribution is -2.57. The molecule has 1 aromatic heterocycles. The van der Waals surface area contributed by atoms with Crippen molar-refractivity contribution in [2.24, 2.45) is 5.73 Å². The van der Waals surface area contributed by atoms with Gasteiger partial charge in [0, 0.05) is 18.0 Å². The molecule has 2 aromatic carbocycles. The Bertz CT molecular complexity index is 984. The summed E-state index contributed by atoms with van der Waals surface area (Å²) in [4.78, 5) is 24.4. The summed E-state index contributed by atoms with van der Waals surface area (Å²) in [6.45, 7) is 0.502. The quantitative estimate of drug-likeness (QED) is 0.733. The second kappa shape index (κ2) is 6.46. The van der Waals surface area contributed by atoms with Crippen LogP contribution in [0.25, 0.3) is 11.1 Å². The Balaban J connectivity index is 1.42. The molecule has 4 rings (SSSR count). The predicted octanol–water partition coefficient (Wildman–Crippen LogP) is 1.77. The van der Waals surface area contributed by atoms with Gasteiger partial charge in [0.15, 0.2) is 5.58 Å². The second-order valence-electron chi connectivity index (χ2n) is 6.95. The van der Waals surface area contributed by atoms with Gasteiger partial charge < -0.3 is 15.5 Å². The van der Waals surface area contributed by atoms with Crippen LogP contribution in [0.5, 0.6) is 0 Å². The van der Waals surface area contributed by atoms with E-state index in [2.05, 4.69) is 17.4 Å². The lowest BCUT2D eigenvalue weighted by atomic mass is 9.61. The van der Waals surface area contributed by atoms with Gasteiger partial charge >= 0.3 is 5.76 Å². The number of para-hydroxylation sites is 2. The minimum atomic E-state index is -0.518. The van der Waals surface area contributed by atoms with Gasteiger partial charge in [-0.25, -0.2) is 4.79 Å². The van der Waals surface area contributed by atoms with Crippen LogP contribution in [-0.2, 0) is 16.8 Å². The van der Waals surface area contributed by atoms with Crippen LogP contribution in [0, 0.1) is 0 Å². The Morgan fingerprint density at radius 1 is 1.15 bits per heavy atom. The van der Waals surface area contributed by atoms with E-state index in [0.717, 1.165) is 12.8 Å². The van der Waals surface area contributed by atoms with Crippen LogP contribution in [0.1, 0.15) is 18.4 Å². The van der Waals surface area contributed by atoms with Crippen molar-refractivity contribution in [2.75, 3.05) is 6.54 Å². The van der Waals surface area contributed by atoms with Gasteiger partial charge in [-0.05, 0) is 30.5 Å². The number of amides is 1. The molecule has 6 heteroatoms. The second-order valence-corrected chi connectivity index (χ2v) is 6.95. The van der Waals surface area contributed by atoms with Crippen molar-refractivity contribution in [3.63, 3.8) is 0 Å². The largest absolute Gasteiger partial charge is 0.420 e. The lowest BCUT2D eigenvalue weighted by molar-refractivity contribution is -0.123. The van der Waals surface area contributed by atoms with Crippen LogP contribution in [0.4, 0.5) is 0 Å². The zero-order chi connectivity index (χ0) is 18.1. The zero-order valence-electron chi connectivity index (χ0n) is 14.4. The van der Waals surface area contributed by atoms with Crippen molar-refractivity contribution in [3.05, 3.63) is 70.7 Å². The molecule has 0 unspecified atom stereocenters. The number of benzene rings is 2. The summed E-state index contributed by atoms with van der Waals surface area (Å²) in [6, 6.07) is 17.3. The molecule has 1 amide bonds. The highest BCUT2D eigenvalue weighted by Crippen LogP contribution is 2.43. The van der Waals surface area contributed by atoms with Crippen molar-refractivity contribution in [1.29, 1.82) is 0 Å². The Morgan fingerprint density at radius 3 is 2.58 bits per heavy atom. The molecule has 6 nitrogen and oxygen atoms in total. The standard InChI is InChI=1S/C20H21N3O3/c21-13-20(14-6-2-1-3-7-14)10-15(11-20)22-18(24)12-23-16-8-4-5-9-17(16)26-19(23)25/h1-9,15H,10-13,21H2,(H,22,24). The van der Waals surface area contributed by atoms with Crippen LogP contribution in [0.15, 0.2) is 63.8 Å². The number of carbonyl (C=O) groups is 1. The maximum Gasteiger partial charge on any atom is 0.420 e. The van der Waals surface area contributed by atoms with Crippen LogP contribution < -0.4 is 16.8 Å². The van der Waals surface area contributed by atoms with Crippen LogP contribution in [-0.4, -0.2) is 23.1 Å². The van der Waals surface area contributed by atoms with E-state index in [-0.39, 0.29) is 23.9 Å². The molecule has 1 aliphatic carbocycles. The van der Waals surface area contributed by atoms with Gasteiger partial charge in [0.25, 0.3) is 0 Å². The number of oxazole rings is 1. The SMILES string of the molecule is NCC1(c2ccccc2)CC(NC(=O)Cn2c(=O)oc3ccccc32)C1. The number of nitrogens with one attached hydrogen (secondary N) is 1. The fourth-order valence-corrected chi connectivity index (χ4v) is 3.88. The summed E-state index contributed by atoms with van der Waals surface area (Å²) in [7, 11) is 0. The topological polar surface area (TPSA) is 90.3 Å². The van der Waals surface area contributed by atoms with Crippen molar-refractivity contribution >= 4 is 17.0 Å². The number of rotatable bonds is 5. The molecule has 26 heavy (non-hydrogen) atoms. The van der Waals surface area contributed by atoms with Gasteiger partial charge in [-0.3, -0.25) is 9.36 Å². The Hall–Kier alpha value is -2.86. The van der Waals surface area contributed by atoms with E-state index in [1.807, 2.05) is 24.3 Å². The summed E-state index contributed by atoms with van der Waals surface area (Å²) >= 11 is 0. The maximum absolute atomic E-state index is 12.4. The number of hydrogen-bond donors (Lipinski definition) is 2. The molecule has 1 heterocycles. The van der Waals surface area contributed by atoms with E-state index in [0.29, 0.717) is 17.6 Å². The van der Waals surface area contributed by atoms with Gasteiger partial charge in [0.05, 0.1) is 5.52 Å². The fourth-order valence-electron chi connectivity index (χ4n) is 3.88. The van der Waals surface area contributed by atoms with Crippen molar-refractivity contribution < 1.29 is 9.21 Å². The molecule has 1 saturated carbocycles. The minimum Gasteiger partial charge on any atom is -0.408 e. The van der Waals surface area contributed by atoms with E-state index >= 15 is 0 Å². The first-order valence-electron chi connectivity index (χ1n) is 8.75. The normalized spacial score (nSPS) is 22.1. The highest BCUT2D eigenvalue weighted by molar-refractivity contribution is 5.79. The Morgan fingerprint density at radius 2 is 1.85 bits per heavy atom. The predicted molar refractivity (Wildman–Crippen MR) is 98.8 cm³/mol. The highest BCUT2D eigenvalue weighted by Gasteiger charge is 2.44. The molecule has 1 fully saturated rings. The average molecular weight is 351 g/mol. The maximum atomic E-state index is 12.4. The molecular formula is C20H21N3O3. The van der Waals surface area contributed by atoms with Gasteiger partial charge in [0.2, 0.25) is 5.91 Å². The van der Waals surface area contributed by atoms with E-state index < -0.39 is 5.76 Å². The van der Waals surface area contributed by atoms with E-state index in [9.17, 15) is 9.59 Å². The van der Waals surface area contributed by atoms with Crippen molar-refractivity contribution in [1.82, 2.24) is 9.88 Å². The molecule has 0 bridgehead atoms. The Kier molecular flexibility index (Phi) is 4.12. The third kappa shape index (κ3) is 2.82. The molecule has 0 atom stereocenters. The smallest absolute Gasteiger partial charge is 0.408 e. The van der Waals surface area contributed by atoms with Gasteiger partial charge in [-0.15, -0.1) is 0 Å². The number of fused-ring (bicyclic) bond motifs is 1. The molecule has 0 saturated heterocycles. The molecule has 0 aliphatic heterocycles. The third-order valence-electron chi connectivity index (χ3n) is 5.29. The van der Waals surface area contributed by atoms with Crippen LogP contribution in [0.3, 0.4) is 0 Å². The van der Waals surface area contributed by atoms with E-state index in [1.165, 1.54) is 10.1 Å². The minimum absolute atomic E-state index is 0.0483. The first-order chi connectivity index (χ1) is 12.6. The fraction of sp³-hybridized carbons (Fsp3) is 0.300. The van der Waals surface area contributed by atoms with Gasteiger partial charge in [-0.2, -0.15) is 0 Å². The number of nitrogens with zero attached hydrogens (tertiary/aromatic N) is 1. The van der Waals surface area contributed by atoms with Crippen LogP contribution in [0.2, 0.25) is 0 Å². The molecule has 0 radical (unpaired) electrons. The summed E-state index contributed by atoms with van der Waals surface area (Å²) in [5, 5.41) is 3.01. The zero-order valence-corrected chi connectivity index (χ0v) is 14.4. The molecule has 0 spiro atoms. The number of carbonyl (C=O) groups excluding carboxylic acids is 1. The summed E-state index contributed by atoms with van der Waals surface area (Å²) in [6.07, 6.45) is 1.61. The lowest BCUT2D eigenvalue weighted by Gasteiger charge is -2.47. The van der Waals surface area contributed by atoms with Gasteiger partial charge in [0.1, 0.15) is 6.54 Å². The first kappa shape index (κ1) is 16.6. The van der Waals surface area contributed by atoms with Crippen LogP contribution >= 0.6 is 0 Å². The summed E-state index contributed by atoms with van der Waals surface area (Å²) in [5.74, 6) is -0.710. The molecular weight excluding hydrogens is 330 g/mol. The molecule has 3 N–H and O–H groups in total. The number of hydrogen-bond acceptors (Lipinski definition) is 4. The number of nitrogens with two attached hydrogens (primary N) is 1. The van der Waals surface area contributed by atoms with E-state index in [1.54, 1.807) is 18.2 Å². The summed E-state index contributed by atoms with van der Waals surface area (Å²) < 4.78 is 6.52. The molecule has 1 aliphatic rings. The van der Waals surface area contributed by atoms with Crippen molar-refractivity contribution in [3.8, 4) is 0 Å². The summed E-state index contributed by atoms with van der Waals surface area (Å²) in [5.41, 5.74) is 8.27.